The minimum atomic E-state index is -4.07. The molecule has 5 atom stereocenters. The van der Waals surface area contributed by atoms with Crippen LogP contribution in [0.3, 0.4) is 0 Å². The lowest BCUT2D eigenvalue weighted by Gasteiger charge is -2.39. The molecule has 9 heteroatoms. The van der Waals surface area contributed by atoms with Crippen LogP contribution >= 0.6 is 0 Å². The molecular weight excluding hydrogens is 352 g/mol. The highest BCUT2D eigenvalue weighted by Gasteiger charge is 2.44. The number of aliphatic hydroxyl groups is 3. The third-order valence-corrected chi connectivity index (χ3v) is 4.99. The average molecular weight is 372 g/mol. The van der Waals surface area contributed by atoms with E-state index in [0.29, 0.717) is 0 Å². The van der Waals surface area contributed by atoms with Crippen molar-refractivity contribution < 1.29 is 37.4 Å². The van der Waals surface area contributed by atoms with Crippen LogP contribution in [-0.2, 0) is 23.8 Å². The van der Waals surface area contributed by atoms with E-state index in [0.717, 1.165) is 5.56 Å². The van der Waals surface area contributed by atoms with Gasteiger partial charge in [0.25, 0.3) is 10.1 Å². The zero-order chi connectivity index (χ0) is 18.6. The monoisotopic (exact) mass is 372 g/mol. The summed E-state index contributed by atoms with van der Waals surface area (Å²) in [7, 11) is -4.07. The number of ether oxygens (including phenoxy) is 2. The largest absolute Gasteiger partial charge is 0.387 e. The zero-order valence-corrected chi connectivity index (χ0v) is 14.3. The maximum atomic E-state index is 12.2. The topological polar surface area (TPSA) is 123 Å². The Kier molecular flexibility index (Phi) is 6.53. The lowest BCUT2D eigenvalue weighted by atomic mass is 9.99. The van der Waals surface area contributed by atoms with Gasteiger partial charge in [0.15, 0.2) is 6.29 Å². The summed E-state index contributed by atoms with van der Waals surface area (Å²) < 4.78 is 39.5. The van der Waals surface area contributed by atoms with Gasteiger partial charge in [0.1, 0.15) is 31.0 Å². The molecule has 138 valence electrons. The minimum Gasteiger partial charge on any atom is -0.387 e. The molecule has 8 nitrogen and oxygen atoms in total. The molecule has 0 spiro atoms. The van der Waals surface area contributed by atoms with Crippen LogP contribution in [-0.4, -0.2) is 67.7 Å². The molecule has 0 aromatic heterocycles. The van der Waals surface area contributed by atoms with Gasteiger partial charge in [-0.05, 0) is 19.1 Å². The molecule has 3 unspecified atom stereocenters. The highest BCUT2D eigenvalue weighted by atomic mass is 32.2. The van der Waals surface area contributed by atoms with E-state index in [2.05, 4.69) is 5.92 Å². The zero-order valence-electron chi connectivity index (χ0n) is 13.5. The molecule has 1 fully saturated rings. The molecule has 1 aromatic rings. The van der Waals surface area contributed by atoms with Gasteiger partial charge in [-0.15, -0.1) is 6.42 Å². The fourth-order valence-corrected chi connectivity index (χ4v) is 3.17. The normalized spacial score (nSPS) is 30.0. The Balaban J connectivity index is 2.05. The van der Waals surface area contributed by atoms with Gasteiger partial charge in [-0.1, -0.05) is 23.6 Å². The summed E-state index contributed by atoms with van der Waals surface area (Å²) in [4.78, 5) is -0.0517. The molecule has 0 bridgehead atoms. The first kappa shape index (κ1) is 19.8. The smallest absolute Gasteiger partial charge is 0.297 e. The second-order valence-corrected chi connectivity index (χ2v) is 7.20. The summed E-state index contributed by atoms with van der Waals surface area (Å²) in [6.45, 7) is 1.05. The van der Waals surface area contributed by atoms with E-state index in [1.54, 1.807) is 12.1 Å². The van der Waals surface area contributed by atoms with Crippen molar-refractivity contribution in [1.29, 1.82) is 0 Å². The molecular formula is C16H20O8S. The van der Waals surface area contributed by atoms with Crippen LogP contribution in [0.25, 0.3) is 0 Å². The van der Waals surface area contributed by atoms with Crippen molar-refractivity contribution >= 4 is 10.1 Å². The summed E-state index contributed by atoms with van der Waals surface area (Å²) >= 11 is 0. The van der Waals surface area contributed by atoms with Crippen molar-refractivity contribution in [2.45, 2.75) is 42.5 Å². The maximum Gasteiger partial charge on any atom is 0.297 e. The second kappa shape index (κ2) is 8.25. The van der Waals surface area contributed by atoms with Crippen molar-refractivity contribution in [1.82, 2.24) is 0 Å². The van der Waals surface area contributed by atoms with Gasteiger partial charge in [0.2, 0.25) is 0 Å². The molecule has 3 N–H and O–H groups in total. The molecule has 2 rings (SSSR count). The first-order chi connectivity index (χ1) is 11.8. The van der Waals surface area contributed by atoms with Crippen LogP contribution in [0.1, 0.15) is 5.56 Å². The van der Waals surface area contributed by atoms with E-state index in [9.17, 15) is 23.7 Å². The summed E-state index contributed by atoms with van der Waals surface area (Å²) in [5, 5.41) is 29.6. The minimum absolute atomic E-state index is 0.0517. The van der Waals surface area contributed by atoms with E-state index < -0.39 is 47.4 Å². The van der Waals surface area contributed by atoms with E-state index >= 15 is 0 Å². The van der Waals surface area contributed by atoms with Crippen molar-refractivity contribution in [3.63, 3.8) is 0 Å². The summed E-state index contributed by atoms with van der Waals surface area (Å²) in [6.07, 6.45) is -2.20. The van der Waals surface area contributed by atoms with Crippen molar-refractivity contribution in [2.75, 3.05) is 13.2 Å². The standard InChI is InChI=1S/C16H20O8S/c1-3-8-22-16-15(19)14(18)13(17)12(24-16)9-23-25(20,21)11-6-4-10(2)5-7-11/h1,4-7,12-19H,8-9H2,2H3/t12?,13-,14?,15?,16-/m1/s1. The summed E-state index contributed by atoms with van der Waals surface area (Å²) in [5.41, 5.74) is 0.885. The van der Waals surface area contributed by atoms with E-state index in [1.165, 1.54) is 12.1 Å². The molecule has 0 saturated carbocycles. The molecule has 0 radical (unpaired) electrons. The quantitative estimate of drug-likeness (QED) is 0.436. The maximum absolute atomic E-state index is 12.2. The fraction of sp³-hybridized carbons (Fsp3) is 0.500. The third kappa shape index (κ3) is 4.77. The number of hydrogen-bond acceptors (Lipinski definition) is 8. The van der Waals surface area contributed by atoms with Gasteiger partial charge >= 0.3 is 0 Å². The van der Waals surface area contributed by atoms with Crippen molar-refractivity contribution in [3.8, 4) is 12.3 Å². The highest BCUT2D eigenvalue weighted by molar-refractivity contribution is 7.86. The summed E-state index contributed by atoms with van der Waals surface area (Å²) in [5.74, 6) is 2.17. The van der Waals surface area contributed by atoms with Gasteiger partial charge in [0, 0.05) is 0 Å². The first-order valence-electron chi connectivity index (χ1n) is 7.47. The second-order valence-electron chi connectivity index (χ2n) is 5.58. The van der Waals surface area contributed by atoms with Crippen LogP contribution in [0.15, 0.2) is 29.2 Å². The molecule has 1 heterocycles. The van der Waals surface area contributed by atoms with Crippen LogP contribution in [0.4, 0.5) is 0 Å². The Morgan fingerprint density at radius 2 is 1.80 bits per heavy atom. The van der Waals surface area contributed by atoms with Crippen LogP contribution in [0.2, 0.25) is 0 Å². The lowest BCUT2D eigenvalue weighted by Crippen LogP contribution is -2.59. The first-order valence-corrected chi connectivity index (χ1v) is 8.88. The van der Waals surface area contributed by atoms with Crippen molar-refractivity contribution in [3.05, 3.63) is 29.8 Å². The Labute approximate surface area is 146 Å². The molecule has 1 aliphatic heterocycles. The van der Waals surface area contributed by atoms with Crippen molar-refractivity contribution in [2.24, 2.45) is 0 Å². The third-order valence-electron chi connectivity index (χ3n) is 3.70. The van der Waals surface area contributed by atoms with E-state index in [1.807, 2.05) is 6.92 Å². The van der Waals surface area contributed by atoms with Gasteiger partial charge in [-0.25, -0.2) is 0 Å². The summed E-state index contributed by atoms with van der Waals surface area (Å²) in [6, 6.07) is 6.01. The highest BCUT2D eigenvalue weighted by Crippen LogP contribution is 2.23. The Bertz CT molecular complexity index is 709. The number of hydrogen-bond donors (Lipinski definition) is 3. The molecule has 1 aliphatic rings. The predicted octanol–water partition coefficient (Wildman–Crippen LogP) is -0.842. The average Bonchev–Trinajstić information content (AvgIpc) is 2.58. The van der Waals surface area contributed by atoms with E-state index in [-0.39, 0.29) is 11.5 Å². The Morgan fingerprint density at radius 1 is 1.16 bits per heavy atom. The Morgan fingerprint density at radius 3 is 2.40 bits per heavy atom. The molecule has 25 heavy (non-hydrogen) atoms. The number of aliphatic hydroxyl groups excluding tert-OH is 3. The van der Waals surface area contributed by atoms with Gasteiger partial charge < -0.3 is 24.8 Å². The number of benzene rings is 1. The predicted molar refractivity (Wildman–Crippen MR) is 85.8 cm³/mol. The molecule has 0 aliphatic carbocycles. The van der Waals surface area contributed by atoms with Crippen LogP contribution in [0, 0.1) is 19.3 Å². The van der Waals surface area contributed by atoms with Gasteiger partial charge in [-0.3, -0.25) is 4.18 Å². The van der Waals surface area contributed by atoms with Crippen LogP contribution in [0.5, 0.6) is 0 Å². The van der Waals surface area contributed by atoms with E-state index in [4.69, 9.17) is 20.1 Å². The number of aryl methyl sites for hydroxylation is 1. The molecule has 0 amide bonds. The van der Waals surface area contributed by atoms with Gasteiger partial charge in [0.05, 0.1) is 11.5 Å². The molecule has 1 saturated heterocycles. The lowest BCUT2D eigenvalue weighted by molar-refractivity contribution is -0.296. The number of rotatable bonds is 6. The molecule has 1 aromatic carbocycles. The number of terminal acetylenes is 1. The Hall–Kier alpha value is -1.51. The SMILES string of the molecule is C#CCO[C@@H]1OC(COS(=O)(=O)c2ccc(C)cc2)[C@@H](O)C(O)C1O. The van der Waals surface area contributed by atoms with Crippen LogP contribution < -0.4 is 0 Å². The van der Waals surface area contributed by atoms with Gasteiger partial charge in [-0.2, -0.15) is 8.42 Å². The fourth-order valence-electron chi connectivity index (χ4n) is 2.25.